The van der Waals surface area contributed by atoms with Crippen LogP contribution < -0.4 is 0 Å². The predicted octanol–water partition coefficient (Wildman–Crippen LogP) is 6.08. The summed E-state index contributed by atoms with van der Waals surface area (Å²) in [5.74, 6) is -0.694. The Morgan fingerprint density at radius 2 is 1.95 bits per heavy atom. The van der Waals surface area contributed by atoms with Crippen molar-refractivity contribution in [3.63, 3.8) is 0 Å². The number of carboxylic acid groups (broad SMARTS) is 1. The summed E-state index contributed by atoms with van der Waals surface area (Å²) in [5.41, 5.74) is 9.11. The molecule has 2 aromatic heterocycles. The van der Waals surface area contributed by atoms with E-state index < -0.39 is 5.97 Å². The minimum absolute atomic E-state index is 0.357. The molecule has 0 aliphatic carbocycles. The second-order valence-electron chi connectivity index (χ2n) is 11.8. The van der Waals surface area contributed by atoms with Gasteiger partial charge in [0.25, 0.3) is 0 Å². The Labute approximate surface area is 259 Å². The molecule has 3 aromatic carbocycles. The summed E-state index contributed by atoms with van der Waals surface area (Å²) in [6.45, 7) is 5.63. The van der Waals surface area contributed by atoms with Crippen LogP contribution in [0.3, 0.4) is 0 Å². The fraction of sp³-hybridized carbons (Fsp3) is 0.294. The largest absolute Gasteiger partial charge is 0.481 e. The number of likely N-dealkylation sites (tertiary alicyclic amines) is 1. The van der Waals surface area contributed by atoms with Crippen LogP contribution in [-0.2, 0) is 24.3 Å². The molecule has 1 atom stereocenters. The molecular formula is C34H31ClN6O3. The summed E-state index contributed by atoms with van der Waals surface area (Å²) in [6.07, 6.45) is 3.62. The zero-order chi connectivity index (χ0) is 30.5. The van der Waals surface area contributed by atoms with Gasteiger partial charge in [0.1, 0.15) is 11.6 Å². The van der Waals surface area contributed by atoms with Crippen LogP contribution in [0.2, 0.25) is 5.02 Å². The van der Waals surface area contributed by atoms with Gasteiger partial charge in [0.05, 0.1) is 27.9 Å². The van der Waals surface area contributed by atoms with Gasteiger partial charge in [0, 0.05) is 55.5 Å². The minimum atomic E-state index is -0.763. The third-order valence-electron chi connectivity index (χ3n) is 8.83. The molecule has 0 spiro atoms. The number of hydrogen-bond acceptors (Lipinski definition) is 7. The predicted molar refractivity (Wildman–Crippen MR) is 168 cm³/mol. The van der Waals surface area contributed by atoms with E-state index in [1.54, 1.807) is 0 Å². The standard InChI is InChI=1S/C34H31ClN6O3/c1-20-25(27-7-4-8-30(31(27)35)41-19-24-17-39(2)11-10-28(24)38-41)5-3-6-26(20)33-37-29-14-21(13-23(15-36)32(29)44-33)16-40-12-9-22(18-40)34(42)43/h3-8,13-14,19,22H,9-12,16-18H2,1-2H3,(H,42,43). The summed E-state index contributed by atoms with van der Waals surface area (Å²) >= 11 is 7.07. The van der Waals surface area contributed by atoms with E-state index in [2.05, 4.69) is 29.1 Å². The van der Waals surface area contributed by atoms with E-state index in [1.807, 2.05) is 60.1 Å². The van der Waals surface area contributed by atoms with Gasteiger partial charge in [-0.05, 0) is 67.9 Å². The number of aliphatic carboxylic acids is 1. The van der Waals surface area contributed by atoms with Gasteiger partial charge in [-0.15, -0.1) is 0 Å². The summed E-state index contributed by atoms with van der Waals surface area (Å²) in [7, 11) is 2.12. The number of aromatic nitrogens is 3. The molecule has 0 radical (unpaired) electrons. The van der Waals surface area contributed by atoms with Gasteiger partial charge < -0.3 is 14.4 Å². The number of nitrogens with zero attached hydrogens (tertiary/aromatic N) is 6. The first-order valence-corrected chi connectivity index (χ1v) is 15.1. The molecule has 1 saturated heterocycles. The van der Waals surface area contributed by atoms with Crippen LogP contribution in [0, 0.1) is 24.2 Å². The normalized spacial score (nSPS) is 17.2. The van der Waals surface area contributed by atoms with Crippen LogP contribution >= 0.6 is 11.6 Å². The maximum absolute atomic E-state index is 11.4. The van der Waals surface area contributed by atoms with Crippen LogP contribution in [0.15, 0.2) is 59.1 Å². The molecule has 0 saturated carbocycles. The van der Waals surface area contributed by atoms with Crippen LogP contribution in [0.5, 0.6) is 0 Å². The van der Waals surface area contributed by atoms with Gasteiger partial charge >= 0.3 is 5.97 Å². The van der Waals surface area contributed by atoms with Gasteiger partial charge in [-0.1, -0.05) is 35.9 Å². The maximum Gasteiger partial charge on any atom is 0.307 e. The molecule has 5 aromatic rings. The highest BCUT2D eigenvalue weighted by Gasteiger charge is 2.28. The number of benzene rings is 3. The van der Waals surface area contributed by atoms with Crippen molar-refractivity contribution in [3.8, 4) is 34.3 Å². The Morgan fingerprint density at radius 1 is 1.16 bits per heavy atom. The smallest absolute Gasteiger partial charge is 0.307 e. The molecule has 44 heavy (non-hydrogen) atoms. The van der Waals surface area contributed by atoms with E-state index in [-0.39, 0.29) is 5.92 Å². The second kappa shape index (κ2) is 11.2. The Hall–Kier alpha value is -4.49. The first kappa shape index (κ1) is 28.3. The summed E-state index contributed by atoms with van der Waals surface area (Å²) in [5, 5.41) is 24.8. The molecule has 1 unspecified atom stereocenters. The van der Waals surface area contributed by atoms with Crippen LogP contribution in [0.1, 0.15) is 34.4 Å². The number of fused-ring (bicyclic) bond motifs is 2. The third-order valence-corrected chi connectivity index (χ3v) is 9.22. The number of hydrogen-bond donors (Lipinski definition) is 1. The molecule has 1 N–H and O–H groups in total. The van der Waals surface area contributed by atoms with Gasteiger partial charge in [-0.25, -0.2) is 9.67 Å². The zero-order valence-electron chi connectivity index (χ0n) is 24.5. The summed E-state index contributed by atoms with van der Waals surface area (Å²) in [4.78, 5) is 20.6. The van der Waals surface area contributed by atoms with Crippen LogP contribution in [0.4, 0.5) is 0 Å². The lowest BCUT2D eigenvalue weighted by Gasteiger charge is -2.20. The highest BCUT2D eigenvalue weighted by atomic mass is 35.5. The van der Waals surface area contributed by atoms with Crippen molar-refractivity contribution in [3.05, 3.63) is 87.7 Å². The lowest BCUT2D eigenvalue weighted by atomic mass is 9.96. The number of halogens is 1. The van der Waals surface area contributed by atoms with Crippen molar-refractivity contribution < 1.29 is 14.3 Å². The highest BCUT2D eigenvalue weighted by molar-refractivity contribution is 6.35. The molecule has 1 fully saturated rings. The molecular weight excluding hydrogens is 576 g/mol. The fourth-order valence-corrected chi connectivity index (χ4v) is 6.77. The number of carbonyl (C=O) groups is 1. The van der Waals surface area contributed by atoms with Crippen molar-refractivity contribution in [1.82, 2.24) is 24.6 Å². The Balaban J connectivity index is 1.22. The van der Waals surface area contributed by atoms with Gasteiger partial charge in [-0.2, -0.15) is 10.4 Å². The highest BCUT2D eigenvalue weighted by Crippen LogP contribution is 2.39. The monoisotopic (exact) mass is 606 g/mol. The molecule has 10 heteroatoms. The third kappa shape index (κ3) is 5.05. The second-order valence-corrected chi connectivity index (χ2v) is 12.2. The summed E-state index contributed by atoms with van der Waals surface area (Å²) in [6, 6.07) is 17.9. The van der Waals surface area contributed by atoms with E-state index >= 15 is 0 Å². The molecule has 222 valence electrons. The number of likely N-dealkylation sites (N-methyl/N-ethyl adjacent to an activating group) is 1. The van der Waals surface area contributed by atoms with E-state index in [9.17, 15) is 15.2 Å². The molecule has 9 nitrogen and oxygen atoms in total. The SMILES string of the molecule is Cc1c(-c2nc3cc(CN4CCC(C(=O)O)C4)cc(C#N)c3o2)cccc1-c1cccc(-n2cc3c(n2)CCN(C)C3)c1Cl. The molecule has 2 aliphatic rings. The fourth-order valence-electron chi connectivity index (χ4n) is 6.46. The Bertz CT molecular complexity index is 1970. The molecule has 0 amide bonds. The van der Waals surface area contributed by atoms with Crippen molar-refractivity contribution in [2.75, 3.05) is 26.7 Å². The maximum atomic E-state index is 11.4. The minimum Gasteiger partial charge on any atom is -0.481 e. The molecule has 7 rings (SSSR count). The Kier molecular flexibility index (Phi) is 7.21. The molecule has 0 bridgehead atoms. The van der Waals surface area contributed by atoms with Crippen LogP contribution in [-0.4, -0.2) is 62.3 Å². The van der Waals surface area contributed by atoms with Crippen LogP contribution in [0.25, 0.3) is 39.4 Å². The number of nitriles is 1. The zero-order valence-corrected chi connectivity index (χ0v) is 25.3. The van der Waals surface area contributed by atoms with E-state index in [4.69, 9.17) is 26.1 Å². The van der Waals surface area contributed by atoms with E-state index in [0.29, 0.717) is 53.6 Å². The first-order valence-electron chi connectivity index (χ1n) is 14.7. The quantitative estimate of drug-likeness (QED) is 0.248. The number of carboxylic acids is 1. The van der Waals surface area contributed by atoms with Crippen molar-refractivity contribution in [2.24, 2.45) is 5.92 Å². The van der Waals surface area contributed by atoms with E-state index in [1.165, 1.54) is 5.56 Å². The van der Waals surface area contributed by atoms with E-state index in [0.717, 1.165) is 58.7 Å². The topological polar surface area (TPSA) is 111 Å². The Morgan fingerprint density at radius 3 is 2.75 bits per heavy atom. The van der Waals surface area contributed by atoms with Crippen molar-refractivity contribution in [2.45, 2.75) is 32.9 Å². The number of rotatable bonds is 6. The van der Waals surface area contributed by atoms with Crippen molar-refractivity contribution in [1.29, 1.82) is 5.26 Å². The van der Waals surface area contributed by atoms with Crippen molar-refractivity contribution >= 4 is 28.7 Å². The van der Waals surface area contributed by atoms with Gasteiger partial charge in [0.2, 0.25) is 5.89 Å². The first-order chi connectivity index (χ1) is 21.3. The average molecular weight is 607 g/mol. The lowest BCUT2D eigenvalue weighted by molar-refractivity contribution is -0.141. The summed E-state index contributed by atoms with van der Waals surface area (Å²) < 4.78 is 8.11. The lowest BCUT2D eigenvalue weighted by Crippen LogP contribution is -2.25. The van der Waals surface area contributed by atoms with Gasteiger partial charge in [-0.3, -0.25) is 9.69 Å². The number of oxazole rings is 1. The molecule has 2 aliphatic heterocycles. The molecule has 4 heterocycles. The average Bonchev–Trinajstić information content (AvgIpc) is 3.75. The van der Waals surface area contributed by atoms with Gasteiger partial charge in [0.15, 0.2) is 5.58 Å².